The van der Waals surface area contributed by atoms with Crippen LogP contribution in [0.2, 0.25) is 0 Å². The van der Waals surface area contributed by atoms with E-state index in [-0.39, 0.29) is 29.8 Å². The van der Waals surface area contributed by atoms with E-state index in [1.807, 2.05) is 6.07 Å². The molecule has 1 aliphatic rings. The average molecular weight is 495 g/mol. The van der Waals surface area contributed by atoms with E-state index in [2.05, 4.69) is 13.5 Å². The second-order valence-electron chi connectivity index (χ2n) is 9.41. The molecule has 1 fully saturated rings. The van der Waals surface area contributed by atoms with Crippen LogP contribution in [0, 0.1) is 23.4 Å². The number of rotatable bonds is 10. The molecule has 1 saturated heterocycles. The molecule has 0 bridgehead atoms. The van der Waals surface area contributed by atoms with E-state index in [9.17, 15) is 8.78 Å². The van der Waals surface area contributed by atoms with Gasteiger partial charge < -0.3 is 9.47 Å². The highest BCUT2D eigenvalue weighted by Crippen LogP contribution is 2.36. The smallest absolute Gasteiger partial charge is 0.201 e. The summed E-state index contributed by atoms with van der Waals surface area (Å²) in [5, 5.41) is 0. The van der Waals surface area contributed by atoms with E-state index >= 15 is 4.39 Å². The highest BCUT2D eigenvalue weighted by atomic mass is 19.2. The normalized spacial score (nSPS) is 17.7. The minimum Gasteiger partial charge on any atom is -0.486 e. The van der Waals surface area contributed by atoms with Gasteiger partial charge in [0, 0.05) is 11.1 Å². The lowest BCUT2D eigenvalue weighted by atomic mass is 9.90. The van der Waals surface area contributed by atoms with Crippen LogP contribution < -0.4 is 4.74 Å². The molecule has 0 saturated carbocycles. The molecule has 36 heavy (non-hydrogen) atoms. The predicted molar refractivity (Wildman–Crippen MR) is 138 cm³/mol. The molecule has 3 aromatic carbocycles. The first-order valence-corrected chi connectivity index (χ1v) is 12.7. The largest absolute Gasteiger partial charge is 0.486 e. The summed E-state index contributed by atoms with van der Waals surface area (Å²) in [6, 6.07) is 15.1. The first-order chi connectivity index (χ1) is 17.5. The molecule has 0 amide bonds. The maximum Gasteiger partial charge on any atom is 0.201 e. The second-order valence-corrected chi connectivity index (χ2v) is 9.41. The Morgan fingerprint density at radius 3 is 2.33 bits per heavy atom. The Balaban J connectivity index is 1.44. The van der Waals surface area contributed by atoms with Gasteiger partial charge in [-0.25, -0.2) is 8.78 Å². The van der Waals surface area contributed by atoms with E-state index in [4.69, 9.17) is 9.47 Å². The quantitative estimate of drug-likeness (QED) is 0.207. The highest BCUT2D eigenvalue weighted by Gasteiger charge is 2.25. The van der Waals surface area contributed by atoms with Crippen molar-refractivity contribution >= 4 is 0 Å². The van der Waals surface area contributed by atoms with E-state index in [1.54, 1.807) is 30.3 Å². The SMILES string of the molecule is C=CCOc1ccc(-c2ccc(-c3ccc(C4CCC(CCCCC)CO4)c(F)c3)cc2)c(F)c1F. The van der Waals surface area contributed by atoms with Crippen LogP contribution in [-0.2, 0) is 4.74 Å². The topological polar surface area (TPSA) is 18.5 Å². The minimum absolute atomic E-state index is 0.0895. The molecule has 0 aromatic heterocycles. The molecule has 0 radical (unpaired) electrons. The van der Waals surface area contributed by atoms with Gasteiger partial charge in [-0.2, -0.15) is 4.39 Å². The summed E-state index contributed by atoms with van der Waals surface area (Å²) >= 11 is 0. The number of halogens is 3. The Kier molecular flexibility index (Phi) is 8.87. The van der Waals surface area contributed by atoms with Gasteiger partial charge in [-0.1, -0.05) is 75.2 Å². The molecule has 2 unspecified atom stereocenters. The van der Waals surface area contributed by atoms with Gasteiger partial charge in [-0.05, 0) is 60.1 Å². The van der Waals surface area contributed by atoms with E-state index < -0.39 is 11.6 Å². The van der Waals surface area contributed by atoms with Gasteiger partial charge in [0.1, 0.15) is 12.4 Å². The van der Waals surface area contributed by atoms with Crippen LogP contribution in [-0.4, -0.2) is 13.2 Å². The van der Waals surface area contributed by atoms with Crippen molar-refractivity contribution < 1.29 is 22.6 Å². The third-order valence-corrected chi connectivity index (χ3v) is 6.87. The lowest BCUT2D eigenvalue weighted by Crippen LogP contribution is -2.21. The first-order valence-electron chi connectivity index (χ1n) is 12.7. The molecule has 5 heteroatoms. The van der Waals surface area contributed by atoms with Crippen molar-refractivity contribution in [1.82, 2.24) is 0 Å². The van der Waals surface area contributed by atoms with Crippen molar-refractivity contribution in [1.29, 1.82) is 0 Å². The fourth-order valence-electron chi connectivity index (χ4n) is 4.79. The van der Waals surface area contributed by atoms with E-state index in [0.717, 1.165) is 24.0 Å². The van der Waals surface area contributed by atoms with Crippen LogP contribution >= 0.6 is 0 Å². The molecule has 0 N–H and O–H groups in total. The predicted octanol–water partition coefficient (Wildman–Crippen LogP) is 9.05. The van der Waals surface area contributed by atoms with Crippen LogP contribution in [0.3, 0.4) is 0 Å². The Bertz CT molecular complexity index is 1170. The molecule has 0 spiro atoms. The fourth-order valence-corrected chi connectivity index (χ4v) is 4.79. The van der Waals surface area contributed by atoms with Crippen LogP contribution in [0.5, 0.6) is 5.75 Å². The Morgan fingerprint density at radius 2 is 1.67 bits per heavy atom. The van der Waals surface area contributed by atoms with Crippen LogP contribution in [0.1, 0.15) is 57.1 Å². The molecule has 2 nitrogen and oxygen atoms in total. The summed E-state index contributed by atoms with van der Waals surface area (Å²) in [5.41, 5.74) is 2.76. The molecule has 2 atom stereocenters. The van der Waals surface area contributed by atoms with Crippen molar-refractivity contribution in [2.45, 2.75) is 51.6 Å². The van der Waals surface area contributed by atoms with Crippen molar-refractivity contribution in [3.05, 3.63) is 90.3 Å². The number of benzene rings is 3. The minimum atomic E-state index is -1.03. The van der Waals surface area contributed by atoms with Gasteiger partial charge in [0.25, 0.3) is 0 Å². The third kappa shape index (κ3) is 6.01. The van der Waals surface area contributed by atoms with Crippen LogP contribution in [0.25, 0.3) is 22.3 Å². The van der Waals surface area contributed by atoms with Crippen molar-refractivity contribution in [2.24, 2.45) is 5.92 Å². The van der Waals surface area contributed by atoms with Gasteiger partial charge in [0.05, 0.1) is 12.7 Å². The number of hydrogen-bond donors (Lipinski definition) is 0. The molecule has 1 aliphatic heterocycles. The van der Waals surface area contributed by atoms with Gasteiger partial charge in [-0.3, -0.25) is 0 Å². The second kappa shape index (κ2) is 12.3. The Hall–Kier alpha value is -3.05. The van der Waals surface area contributed by atoms with E-state index in [0.29, 0.717) is 23.7 Å². The summed E-state index contributed by atoms with van der Waals surface area (Å²) in [4.78, 5) is 0. The van der Waals surface area contributed by atoms with Gasteiger partial charge in [0.2, 0.25) is 5.82 Å². The summed E-state index contributed by atoms with van der Waals surface area (Å²) in [7, 11) is 0. The molecule has 1 heterocycles. The first kappa shape index (κ1) is 26.0. The summed E-state index contributed by atoms with van der Waals surface area (Å²) in [6.07, 6.45) is 8.03. The Labute approximate surface area is 211 Å². The monoisotopic (exact) mass is 494 g/mol. The maximum atomic E-state index is 15.0. The number of hydrogen-bond acceptors (Lipinski definition) is 2. The third-order valence-electron chi connectivity index (χ3n) is 6.87. The van der Waals surface area contributed by atoms with Gasteiger partial charge in [0.15, 0.2) is 11.6 Å². The zero-order chi connectivity index (χ0) is 25.5. The summed E-state index contributed by atoms with van der Waals surface area (Å²) < 4.78 is 55.2. The molecule has 0 aliphatic carbocycles. The van der Waals surface area contributed by atoms with Gasteiger partial charge in [-0.15, -0.1) is 0 Å². The standard InChI is InChI=1S/C31H33F3O2/c1-3-5-6-7-21-8-16-28(36-20-21)26-14-13-24(19-27(26)32)22-9-11-23(12-10-22)25-15-17-29(35-18-4-2)31(34)30(25)33/h4,9-15,17,19,21,28H,2-3,5-8,16,18,20H2,1H3. The van der Waals surface area contributed by atoms with Crippen molar-refractivity contribution in [2.75, 3.05) is 13.2 Å². The molecule has 3 aromatic rings. The fraction of sp³-hybridized carbons (Fsp3) is 0.355. The summed E-state index contributed by atoms with van der Waals surface area (Å²) in [5.74, 6) is -1.87. The average Bonchev–Trinajstić information content (AvgIpc) is 2.90. The zero-order valence-corrected chi connectivity index (χ0v) is 20.7. The molecule has 190 valence electrons. The maximum absolute atomic E-state index is 15.0. The van der Waals surface area contributed by atoms with Crippen LogP contribution in [0.15, 0.2) is 67.3 Å². The number of ether oxygens (including phenoxy) is 2. The number of unbranched alkanes of at least 4 members (excludes halogenated alkanes) is 2. The zero-order valence-electron chi connectivity index (χ0n) is 20.7. The highest BCUT2D eigenvalue weighted by molar-refractivity contribution is 5.71. The van der Waals surface area contributed by atoms with Crippen molar-refractivity contribution in [3.63, 3.8) is 0 Å². The lowest BCUT2D eigenvalue weighted by molar-refractivity contribution is -0.0215. The Morgan fingerprint density at radius 1 is 0.917 bits per heavy atom. The molecular formula is C31H33F3O2. The molecular weight excluding hydrogens is 461 g/mol. The lowest BCUT2D eigenvalue weighted by Gasteiger charge is -2.29. The van der Waals surface area contributed by atoms with Gasteiger partial charge >= 0.3 is 0 Å². The molecule has 4 rings (SSSR count). The van der Waals surface area contributed by atoms with Crippen molar-refractivity contribution in [3.8, 4) is 28.0 Å². The van der Waals surface area contributed by atoms with E-state index in [1.165, 1.54) is 50.0 Å². The summed E-state index contributed by atoms with van der Waals surface area (Å²) in [6.45, 7) is 6.49. The van der Waals surface area contributed by atoms with Crippen LogP contribution in [0.4, 0.5) is 13.2 Å².